The van der Waals surface area contributed by atoms with Crippen LogP contribution in [0, 0.1) is 11.3 Å². The Morgan fingerprint density at radius 3 is 1.85 bits per heavy atom. The number of hydrogen-bond acceptors (Lipinski definition) is 3. The van der Waals surface area contributed by atoms with E-state index in [4.69, 9.17) is 9.16 Å². The fourth-order valence-corrected chi connectivity index (χ4v) is 8.87. The zero-order valence-electron chi connectivity index (χ0n) is 22.5. The maximum atomic E-state index is 12.0. The molecule has 0 aliphatic carbocycles. The number of esters is 1. The van der Waals surface area contributed by atoms with Crippen molar-refractivity contribution < 1.29 is 14.0 Å². The van der Waals surface area contributed by atoms with Crippen LogP contribution in [0.1, 0.15) is 68.2 Å². The van der Waals surface area contributed by atoms with Crippen molar-refractivity contribution in [2.24, 2.45) is 11.3 Å². The largest absolute Gasteiger partial charge is 0.461 e. The average molecular weight is 481 g/mol. The maximum Gasteiger partial charge on any atom is 0.311 e. The van der Waals surface area contributed by atoms with E-state index in [-0.39, 0.29) is 11.0 Å². The van der Waals surface area contributed by atoms with E-state index in [0.717, 1.165) is 25.0 Å². The molecule has 0 fully saturated rings. The third kappa shape index (κ3) is 7.41. The van der Waals surface area contributed by atoms with Gasteiger partial charge >= 0.3 is 5.97 Å². The molecule has 0 heterocycles. The standard InChI is InChI=1S/C30H44O3Si/c1-24(22-32-28(31)29(3,4)5)16-15-17-25(2)23-33-34(30(6,7)8,26-18-11-9-12-19-26)27-20-13-10-14-21-27/h9-14,16,18-21,25H,15,17,22-23H2,1-8H3/b24-16+/t25-/m0/s1. The molecule has 186 valence electrons. The highest BCUT2D eigenvalue weighted by Gasteiger charge is 2.50. The molecule has 0 aromatic heterocycles. The van der Waals surface area contributed by atoms with Crippen molar-refractivity contribution in [1.82, 2.24) is 0 Å². The minimum Gasteiger partial charge on any atom is -0.461 e. The molecule has 0 aliphatic heterocycles. The van der Waals surface area contributed by atoms with Gasteiger partial charge in [0.25, 0.3) is 8.32 Å². The number of carbonyl (C=O) groups excluding carboxylic acids is 1. The van der Waals surface area contributed by atoms with Gasteiger partial charge in [0, 0.05) is 6.61 Å². The molecule has 4 heteroatoms. The van der Waals surface area contributed by atoms with Crippen LogP contribution in [0.5, 0.6) is 0 Å². The molecule has 34 heavy (non-hydrogen) atoms. The molecule has 0 radical (unpaired) electrons. The van der Waals surface area contributed by atoms with Crippen LogP contribution in [0.15, 0.2) is 72.3 Å². The van der Waals surface area contributed by atoms with Gasteiger partial charge in [0.05, 0.1) is 5.41 Å². The third-order valence-corrected chi connectivity index (χ3v) is 11.2. The van der Waals surface area contributed by atoms with Crippen LogP contribution in [0.25, 0.3) is 0 Å². The summed E-state index contributed by atoms with van der Waals surface area (Å²) in [5.74, 6) is 0.259. The summed E-state index contributed by atoms with van der Waals surface area (Å²) >= 11 is 0. The Hall–Kier alpha value is -2.17. The Morgan fingerprint density at radius 2 is 1.41 bits per heavy atom. The quantitative estimate of drug-likeness (QED) is 0.221. The summed E-state index contributed by atoms with van der Waals surface area (Å²) in [5, 5.41) is 2.62. The predicted octanol–water partition coefficient (Wildman–Crippen LogP) is 6.51. The molecule has 2 aromatic rings. The first-order valence-electron chi connectivity index (χ1n) is 12.5. The first kappa shape index (κ1) is 28.1. The van der Waals surface area contributed by atoms with Gasteiger partial charge in [-0.3, -0.25) is 4.79 Å². The van der Waals surface area contributed by atoms with Crippen molar-refractivity contribution in [2.75, 3.05) is 13.2 Å². The van der Waals surface area contributed by atoms with Gasteiger partial charge in [-0.1, -0.05) is 94.4 Å². The lowest BCUT2D eigenvalue weighted by Gasteiger charge is -2.43. The molecule has 1 atom stereocenters. The highest BCUT2D eigenvalue weighted by molar-refractivity contribution is 6.99. The lowest BCUT2D eigenvalue weighted by atomic mass is 9.97. The molecule has 0 aliphatic rings. The fraction of sp³-hybridized carbons (Fsp3) is 0.500. The number of carbonyl (C=O) groups is 1. The molecule has 2 rings (SSSR count). The van der Waals surface area contributed by atoms with Crippen LogP contribution in [0.3, 0.4) is 0 Å². The summed E-state index contributed by atoms with van der Waals surface area (Å²) < 4.78 is 12.5. The van der Waals surface area contributed by atoms with Gasteiger partial charge in [-0.05, 0) is 67.4 Å². The van der Waals surface area contributed by atoms with E-state index < -0.39 is 13.7 Å². The van der Waals surface area contributed by atoms with Gasteiger partial charge in [0.1, 0.15) is 6.61 Å². The average Bonchev–Trinajstić information content (AvgIpc) is 2.77. The smallest absolute Gasteiger partial charge is 0.311 e. The summed E-state index contributed by atoms with van der Waals surface area (Å²) in [5.41, 5.74) is 0.630. The summed E-state index contributed by atoms with van der Waals surface area (Å²) in [7, 11) is -2.49. The normalized spacial score (nSPS) is 14.1. The van der Waals surface area contributed by atoms with Crippen molar-refractivity contribution in [3.63, 3.8) is 0 Å². The summed E-state index contributed by atoms with van der Waals surface area (Å²) in [6.07, 6.45) is 4.17. The summed E-state index contributed by atoms with van der Waals surface area (Å²) in [4.78, 5) is 12.0. The monoisotopic (exact) mass is 480 g/mol. The van der Waals surface area contributed by atoms with Crippen molar-refractivity contribution in [1.29, 1.82) is 0 Å². The van der Waals surface area contributed by atoms with Crippen LogP contribution < -0.4 is 10.4 Å². The lowest BCUT2D eigenvalue weighted by Crippen LogP contribution is -2.66. The van der Waals surface area contributed by atoms with E-state index in [1.807, 2.05) is 27.7 Å². The Bertz CT molecular complexity index is 882. The van der Waals surface area contributed by atoms with E-state index in [9.17, 15) is 4.79 Å². The topological polar surface area (TPSA) is 35.5 Å². The third-order valence-electron chi connectivity index (χ3n) is 6.20. The molecule has 0 saturated carbocycles. The van der Waals surface area contributed by atoms with Crippen molar-refractivity contribution in [2.45, 2.75) is 73.3 Å². The minimum absolute atomic E-state index is 0.0111. The number of hydrogen-bond donors (Lipinski definition) is 0. The van der Waals surface area contributed by atoms with E-state index in [2.05, 4.69) is 94.4 Å². The molecule has 0 unspecified atom stereocenters. The molecule has 0 spiro atoms. The van der Waals surface area contributed by atoms with Crippen molar-refractivity contribution in [3.8, 4) is 0 Å². The SMILES string of the molecule is C/C(=C\CC[C@H](C)CO[Si](c1ccccc1)(c1ccccc1)C(C)(C)C)COC(=O)C(C)(C)C. The van der Waals surface area contributed by atoms with Crippen molar-refractivity contribution in [3.05, 3.63) is 72.3 Å². The zero-order chi connectivity index (χ0) is 25.4. The highest BCUT2D eigenvalue weighted by atomic mass is 28.4. The number of ether oxygens (including phenoxy) is 1. The Kier molecular flexibility index (Phi) is 9.90. The second-order valence-corrected chi connectivity index (χ2v) is 15.8. The van der Waals surface area contributed by atoms with Gasteiger partial charge < -0.3 is 9.16 Å². The van der Waals surface area contributed by atoms with Crippen molar-refractivity contribution >= 4 is 24.7 Å². The van der Waals surface area contributed by atoms with E-state index in [0.29, 0.717) is 12.5 Å². The van der Waals surface area contributed by atoms with Gasteiger partial charge in [-0.2, -0.15) is 0 Å². The molecule has 0 N–H and O–H groups in total. The van der Waals surface area contributed by atoms with E-state index >= 15 is 0 Å². The number of rotatable bonds is 10. The number of allylic oxidation sites excluding steroid dienone is 1. The van der Waals surface area contributed by atoms with Gasteiger partial charge in [-0.25, -0.2) is 0 Å². The van der Waals surface area contributed by atoms with E-state index in [1.54, 1.807) is 0 Å². The van der Waals surface area contributed by atoms with Gasteiger partial charge in [-0.15, -0.1) is 0 Å². The van der Waals surface area contributed by atoms with Gasteiger partial charge in [0.2, 0.25) is 0 Å². The lowest BCUT2D eigenvalue weighted by molar-refractivity contribution is -0.151. The maximum absolute atomic E-state index is 12.0. The Morgan fingerprint density at radius 1 is 0.912 bits per heavy atom. The predicted molar refractivity (Wildman–Crippen MR) is 146 cm³/mol. The van der Waals surface area contributed by atoms with Crippen LogP contribution in [-0.2, 0) is 14.0 Å². The second-order valence-electron chi connectivity index (χ2n) is 11.5. The zero-order valence-corrected chi connectivity index (χ0v) is 23.5. The highest BCUT2D eigenvalue weighted by Crippen LogP contribution is 2.37. The Balaban J connectivity index is 2.09. The first-order valence-corrected chi connectivity index (χ1v) is 14.4. The minimum atomic E-state index is -2.49. The molecular weight excluding hydrogens is 436 g/mol. The van der Waals surface area contributed by atoms with Crippen LogP contribution in [-0.4, -0.2) is 27.5 Å². The van der Waals surface area contributed by atoms with E-state index in [1.165, 1.54) is 10.4 Å². The number of benzene rings is 2. The second kappa shape index (κ2) is 12.0. The Labute approximate surface area is 208 Å². The van der Waals surface area contributed by atoms with Crippen LogP contribution in [0.2, 0.25) is 5.04 Å². The molecular formula is C30H44O3Si. The molecule has 2 aromatic carbocycles. The fourth-order valence-electron chi connectivity index (χ4n) is 4.18. The van der Waals surface area contributed by atoms with Crippen LogP contribution in [0.4, 0.5) is 0 Å². The summed E-state index contributed by atoms with van der Waals surface area (Å²) in [6.45, 7) is 18.0. The van der Waals surface area contributed by atoms with Gasteiger partial charge in [0.15, 0.2) is 0 Å². The molecule has 0 bridgehead atoms. The molecule has 3 nitrogen and oxygen atoms in total. The first-order chi connectivity index (χ1) is 15.9. The van der Waals surface area contributed by atoms with Crippen LogP contribution >= 0.6 is 0 Å². The summed E-state index contributed by atoms with van der Waals surface area (Å²) in [6, 6.07) is 21.6. The molecule has 0 amide bonds. The molecule has 0 saturated heterocycles.